The largest absolute Gasteiger partial charge is 0.378 e. The van der Waals surface area contributed by atoms with Crippen molar-refractivity contribution in [3.63, 3.8) is 0 Å². The first-order valence-corrected chi connectivity index (χ1v) is 5.04. The lowest BCUT2D eigenvalue weighted by molar-refractivity contribution is 0.0460. The molecule has 2 unspecified atom stereocenters. The van der Waals surface area contributed by atoms with Crippen LogP contribution in [0.3, 0.4) is 0 Å². The number of likely N-dealkylation sites (N-methyl/N-ethyl adjacent to an activating group) is 1. The third-order valence-electron chi connectivity index (χ3n) is 2.60. The van der Waals surface area contributed by atoms with Crippen LogP contribution >= 0.6 is 0 Å². The van der Waals surface area contributed by atoms with E-state index >= 15 is 0 Å². The summed E-state index contributed by atoms with van der Waals surface area (Å²) in [6.07, 6.45) is 0. The monoisotopic (exact) mass is 186 g/mol. The van der Waals surface area contributed by atoms with E-state index in [1.165, 1.54) is 0 Å². The van der Waals surface area contributed by atoms with Crippen molar-refractivity contribution in [2.45, 2.75) is 32.9 Å². The SMILES string of the molecule is CNC(C1COCCN1)C(C)(C)C. The zero-order chi connectivity index (χ0) is 9.90. The molecule has 3 nitrogen and oxygen atoms in total. The van der Waals surface area contributed by atoms with Crippen molar-refractivity contribution in [2.24, 2.45) is 5.41 Å². The molecule has 3 heteroatoms. The van der Waals surface area contributed by atoms with Gasteiger partial charge in [-0.2, -0.15) is 0 Å². The summed E-state index contributed by atoms with van der Waals surface area (Å²) in [5, 5.41) is 6.86. The van der Waals surface area contributed by atoms with E-state index in [4.69, 9.17) is 4.74 Å². The molecule has 0 aliphatic carbocycles. The highest BCUT2D eigenvalue weighted by Gasteiger charge is 2.31. The Morgan fingerprint density at radius 1 is 1.46 bits per heavy atom. The molecule has 0 saturated carbocycles. The Morgan fingerprint density at radius 2 is 2.15 bits per heavy atom. The average molecular weight is 186 g/mol. The van der Waals surface area contributed by atoms with E-state index in [0.717, 1.165) is 19.8 Å². The van der Waals surface area contributed by atoms with Crippen LogP contribution in [0.4, 0.5) is 0 Å². The topological polar surface area (TPSA) is 33.3 Å². The Kier molecular flexibility index (Phi) is 3.71. The number of hydrogen-bond donors (Lipinski definition) is 2. The van der Waals surface area contributed by atoms with E-state index in [2.05, 4.69) is 31.4 Å². The fourth-order valence-corrected chi connectivity index (χ4v) is 2.04. The van der Waals surface area contributed by atoms with Crippen molar-refractivity contribution in [3.8, 4) is 0 Å². The molecule has 1 fully saturated rings. The smallest absolute Gasteiger partial charge is 0.0635 e. The molecule has 1 saturated heterocycles. The molecule has 0 amide bonds. The minimum atomic E-state index is 0.271. The predicted octanol–water partition coefficient (Wildman–Crippen LogP) is 0.609. The maximum absolute atomic E-state index is 5.46. The molecule has 13 heavy (non-hydrogen) atoms. The molecule has 2 atom stereocenters. The van der Waals surface area contributed by atoms with Crippen molar-refractivity contribution in [3.05, 3.63) is 0 Å². The zero-order valence-corrected chi connectivity index (χ0v) is 9.18. The molecule has 78 valence electrons. The molecule has 0 aromatic heterocycles. The molecule has 0 bridgehead atoms. The quantitative estimate of drug-likeness (QED) is 0.663. The third-order valence-corrected chi connectivity index (χ3v) is 2.60. The van der Waals surface area contributed by atoms with Gasteiger partial charge in [0.1, 0.15) is 0 Å². The molecule has 1 heterocycles. The van der Waals surface area contributed by atoms with Crippen LogP contribution in [0.15, 0.2) is 0 Å². The third kappa shape index (κ3) is 2.93. The highest BCUT2D eigenvalue weighted by atomic mass is 16.5. The fourth-order valence-electron chi connectivity index (χ4n) is 2.04. The minimum Gasteiger partial charge on any atom is -0.378 e. The van der Waals surface area contributed by atoms with E-state index in [1.807, 2.05) is 7.05 Å². The van der Waals surface area contributed by atoms with Gasteiger partial charge in [-0.25, -0.2) is 0 Å². The molecule has 0 aromatic carbocycles. The van der Waals surface area contributed by atoms with Crippen LogP contribution in [0.2, 0.25) is 0 Å². The van der Waals surface area contributed by atoms with E-state index < -0.39 is 0 Å². The number of rotatable bonds is 2. The summed E-state index contributed by atoms with van der Waals surface area (Å²) in [6.45, 7) is 9.40. The van der Waals surface area contributed by atoms with E-state index in [9.17, 15) is 0 Å². The second-order valence-corrected chi connectivity index (χ2v) is 4.77. The Hall–Kier alpha value is -0.120. The van der Waals surface area contributed by atoms with Gasteiger partial charge in [-0.3, -0.25) is 0 Å². The molecule has 2 N–H and O–H groups in total. The summed E-state index contributed by atoms with van der Waals surface area (Å²) < 4.78 is 5.46. The van der Waals surface area contributed by atoms with Gasteiger partial charge in [0.25, 0.3) is 0 Å². The lowest BCUT2D eigenvalue weighted by Crippen LogP contribution is -2.58. The van der Waals surface area contributed by atoms with Gasteiger partial charge in [0.15, 0.2) is 0 Å². The highest BCUT2D eigenvalue weighted by Crippen LogP contribution is 2.22. The molecule has 1 aliphatic heterocycles. The van der Waals surface area contributed by atoms with Crippen molar-refractivity contribution < 1.29 is 4.74 Å². The van der Waals surface area contributed by atoms with Crippen LogP contribution in [0, 0.1) is 5.41 Å². The Labute approximate surface area is 81.2 Å². The normalized spacial score (nSPS) is 27.2. The Balaban J connectivity index is 2.54. The first-order chi connectivity index (χ1) is 6.05. The lowest BCUT2D eigenvalue weighted by Gasteiger charge is -2.39. The van der Waals surface area contributed by atoms with Gasteiger partial charge in [-0.05, 0) is 12.5 Å². The van der Waals surface area contributed by atoms with Gasteiger partial charge >= 0.3 is 0 Å². The summed E-state index contributed by atoms with van der Waals surface area (Å²) in [5.41, 5.74) is 0.271. The standard InChI is InChI=1S/C10H22N2O/c1-10(2,3)9(11-4)8-7-13-6-5-12-8/h8-9,11-12H,5-7H2,1-4H3. The van der Waals surface area contributed by atoms with Crippen LogP contribution in [0.5, 0.6) is 0 Å². The molecule has 1 rings (SSSR count). The molecule has 0 radical (unpaired) electrons. The van der Waals surface area contributed by atoms with Crippen molar-refractivity contribution in [1.82, 2.24) is 10.6 Å². The van der Waals surface area contributed by atoms with Gasteiger partial charge in [-0.15, -0.1) is 0 Å². The number of ether oxygens (including phenoxy) is 1. The predicted molar refractivity (Wildman–Crippen MR) is 54.9 cm³/mol. The van der Waals surface area contributed by atoms with Crippen LogP contribution in [-0.2, 0) is 4.74 Å². The summed E-state index contributed by atoms with van der Waals surface area (Å²) in [6, 6.07) is 0.909. The Bertz CT molecular complexity index is 147. The van der Waals surface area contributed by atoms with Crippen molar-refractivity contribution >= 4 is 0 Å². The second-order valence-electron chi connectivity index (χ2n) is 4.77. The van der Waals surface area contributed by atoms with Gasteiger partial charge < -0.3 is 15.4 Å². The molecular weight excluding hydrogens is 164 g/mol. The highest BCUT2D eigenvalue weighted by molar-refractivity contribution is 4.91. The number of morpholine rings is 1. The van der Waals surface area contributed by atoms with Gasteiger partial charge in [0.2, 0.25) is 0 Å². The lowest BCUT2D eigenvalue weighted by atomic mass is 9.82. The number of hydrogen-bond acceptors (Lipinski definition) is 3. The second kappa shape index (κ2) is 4.40. The van der Waals surface area contributed by atoms with Crippen molar-refractivity contribution in [2.75, 3.05) is 26.8 Å². The summed E-state index contributed by atoms with van der Waals surface area (Å²) >= 11 is 0. The van der Waals surface area contributed by atoms with Crippen LogP contribution in [0.25, 0.3) is 0 Å². The summed E-state index contributed by atoms with van der Waals surface area (Å²) in [7, 11) is 2.02. The fraction of sp³-hybridized carbons (Fsp3) is 1.00. The van der Waals surface area contributed by atoms with E-state index in [1.54, 1.807) is 0 Å². The molecule has 1 aliphatic rings. The minimum absolute atomic E-state index is 0.271. The maximum Gasteiger partial charge on any atom is 0.0635 e. The van der Waals surface area contributed by atoms with Gasteiger partial charge in [0.05, 0.1) is 13.2 Å². The maximum atomic E-state index is 5.46. The Morgan fingerprint density at radius 3 is 2.54 bits per heavy atom. The van der Waals surface area contributed by atoms with E-state index in [-0.39, 0.29) is 5.41 Å². The van der Waals surface area contributed by atoms with E-state index in [0.29, 0.717) is 12.1 Å². The molecule has 0 aromatic rings. The molecule has 0 spiro atoms. The summed E-state index contributed by atoms with van der Waals surface area (Å²) in [4.78, 5) is 0. The van der Waals surface area contributed by atoms with Gasteiger partial charge in [0, 0.05) is 18.6 Å². The molecular formula is C10H22N2O. The summed E-state index contributed by atoms with van der Waals surface area (Å²) in [5.74, 6) is 0. The first-order valence-electron chi connectivity index (χ1n) is 5.04. The average Bonchev–Trinajstić information content (AvgIpc) is 2.05. The number of nitrogens with one attached hydrogen (secondary N) is 2. The van der Waals surface area contributed by atoms with Crippen molar-refractivity contribution in [1.29, 1.82) is 0 Å². The first kappa shape index (κ1) is 11.0. The zero-order valence-electron chi connectivity index (χ0n) is 9.18. The van der Waals surface area contributed by atoms with Gasteiger partial charge in [-0.1, -0.05) is 20.8 Å². The van der Waals surface area contributed by atoms with Crippen LogP contribution < -0.4 is 10.6 Å². The van der Waals surface area contributed by atoms with Crippen LogP contribution in [0.1, 0.15) is 20.8 Å². The van der Waals surface area contributed by atoms with Crippen LogP contribution in [-0.4, -0.2) is 38.9 Å².